The first-order valence-electron chi connectivity index (χ1n) is 7.00. The van der Waals surface area contributed by atoms with E-state index in [0.29, 0.717) is 16.7 Å². The molecule has 1 aromatic heterocycles. The van der Waals surface area contributed by atoms with Gasteiger partial charge < -0.3 is 10.1 Å². The van der Waals surface area contributed by atoms with Gasteiger partial charge in [-0.1, -0.05) is 43.3 Å². The number of hydrogen-bond acceptors (Lipinski definition) is 6. The van der Waals surface area contributed by atoms with Gasteiger partial charge in [-0.2, -0.15) is 4.98 Å². The highest BCUT2D eigenvalue weighted by Gasteiger charge is 2.32. The molecule has 6 heteroatoms. The Labute approximate surface area is 128 Å². The van der Waals surface area contributed by atoms with Gasteiger partial charge >= 0.3 is 0 Å². The van der Waals surface area contributed by atoms with E-state index in [0.717, 1.165) is 24.1 Å². The second-order valence-electron chi connectivity index (χ2n) is 5.21. The van der Waals surface area contributed by atoms with Crippen LogP contribution in [0.15, 0.2) is 29.4 Å². The standard InChI is InChI=1S/C15H18N4OS/c1-4-9-15(2)17-11-8-6-5-7-10(11)12-13(20-15)16-14(21-3)19-18-12/h5-8,17H,4,9H2,1-3H3/t15-/m1/s1. The van der Waals surface area contributed by atoms with Gasteiger partial charge in [0.05, 0.1) is 0 Å². The van der Waals surface area contributed by atoms with Crippen LogP contribution in [-0.4, -0.2) is 27.2 Å². The summed E-state index contributed by atoms with van der Waals surface area (Å²) in [6.45, 7) is 4.18. The summed E-state index contributed by atoms with van der Waals surface area (Å²) in [4.78, 5) is 4.50. The van der Waals surface area contributed by atoms with Crippen molar-refractivity contribution in [2.75, 3.05) is 11.6 Å². The largest absolute Gasteiger partial charge is 0.450 e. The number of anilines is 1. The topological polar surface area (TPSA) is 59.9 Å². The second kappa shape index (κ2) is 5.52. The molecular formula is C15H18N4OS. The first kappa shape index (κ1) is 14.1. The molecular weight excluding hydrogens is 284 g/mol. The smallest absolute Gasteiger partial charge is 0.247 e. The highest BCUT2D eigenvalue weighted by atomic mass is 32.2. The van der Waals surface area contributed by atoms with Gasteiger partial charge in [-0.15, -0.1) is 10.2 Å². The summed E-state index contributed by atoms with van der Waals surface area (Å²) in [6.07, 6.45) is 3.81. The number of hydrogen-bond donors (Lipinski definition) is 1. The summed E-state index contributed by atoms with van der Waals surface area (Å²) < 4.78 is 6.17. The number of nitrogens with zero attached hydrogens (tertiary/aromatic N) is 3. The Morgan fingerprint density at radius 3 is 2.86 bits per heavy atom. The lowest BCUT2D eigenvalue weighted by molar-refractivity contribution is 0.102. The predicted octanol–water partition coefficient (Wildman–Crippen LogP) is 3.58. The zero-order chi connectivity index (χ0) is 14.9. The molecule has 0 saturated carbocycles. The summed E-state index contributed by atoms with van der Waals surface area (Å²) in [6, 6.07) is 8.03. The Bertz CT molecular complexity index is 664. The summed E-state index contributed by atoms with van der Waals surface area (Å²) in [7, 11) is 0. The molecule has 3 rings (SSSR count). The van der Waals surface area contributed by atoms with Crippen molar-refractivity contribution in [1.29, 1.82) is 0 Å². The van der Waals surface area contributed by atoms with Gasteiger partial charge in [-0.25, -0.2) is 0 Å². The molecule has 21 heavy (non-hydrogen) atoms. The Balaban J connectivity index is 2.17. The quantitative estimate of drug-likeness (QED) is 0.874. The minimum Gasteiger partial charge on any atom is -0.450 e. The Morgan fingerprint density at radius 1 is 1.29 bits per heavy atom. The van der Waals surface area contributed by atoms with Crippen LogP contribution in [0.25, 0.3) is 11.3 Å². The van der Waals surface area contributed by atoms with Crippen molar-refractivity contribution in [2.24, 2.45) is 0 Å². The Hall–Kier alpha value is -1.82. The van der Waals surface area contributed by atoms with Crippen LogP contribution in [0.1, 0.15) is 26.7 Å². The highest BCUT2D eigenvalue weighted by Crippen LogP contribution is 2.39. The van der Waals surface area contributed by atoms with Crippen LogP contribution in [0.2, 0.25) is 0 Å². The summed E-state index contributed by atoms with van der Waals surface area (Å²) in [5.41, 5.74) is 2.16. The minimum atomic E-state index is -0.498. The fourth-order valence-electron chi connectivity index (χ4n) is 2.54. The second-order valence-corrected chi connectivity index (χ2v) is 5.98. The number of nitrogens with one attached hydrogen (secondary N) is 1. The molecule has 1 aliphatic heterocycles. The molecule has 5 nitrogen and oxygen atoms in total. The van der Waals surface area contributed by atoms with Crippen molar-refractivity contribution in [1.82, 2.24) is 15.2 Å². The molecule has 0 saturated heterocycles. The number of thioether (sulfide) groups is 1. The number of fused-ring (bicyclic) bond motifs is 3. The van der Waals surface area contributed by atoms with Crippen molar-refractivity contribution < 1.29 is 4.74 Å². The average Bonchev–Trinajstić information content (AvgIpc) is 2.59. The van der Waals surface area contributed by atoms with Crippen LogP contribution < -0.4 is 10.1 Å². The minimum absolute atomic E-state index is 0.498. The fourth-order valence-corrected chi connectivity index (χ4v) is 2.83. The lowest BCUT2D eigenvalue weighted by Gasteiger charge is -2.30. The highest BCUT2D eigenvalue weighted by molar-refractivity contribution is 7.98. The molecule has 0 aliphatic carbocycles. The van der Waals surface area contributed by atoms with Crippen LogP contribution in [0.5, 0.6) is 5.88 Å². The number of para-hydroxylation sites is 1. The van der Waals surface area contributed by atoms with Crippen molar-refractivity contribution >= 4 is 17.4 Å². The Morgan fingerprint density at radius 2 is 2.10 bits per heavy atom. The maximum atomic E-state index is 6.17. The van der Waals surface area contributed by atoms with Crippen molar-refractivity contribution in [3.8, 4) is 17.1 Å². The van der Waals surface area contributed by atoms with Gasteiger partial charge in [0.15, 0.2) is 11.4 Å². The molecule has 1 atom stereocenters. The van der Waals surface area contributed by atoms with Gasteiger partial charge in [-0.05, 0) is 19.2 Å². The van der Waals surface area contributed by atoms with E-state index in [9.17, 15) is 0 Å². The summed E-state index contributed by atoms with van der Waals surface area (Å²) in [5, 5.41) is 12.6. The first-order valence-corrected chi connectivity index (χ1v) is 8.23. The van der Waals surface area contributed by atoms with Gasteiger partial charge in [0.2, 0.25) is 11.0 Å². The van der Waals surface area contributed by atoms with Crippen LogP contribution in [0.3, 0.4) is 0 Å². The molecule has 110 valence electrons. The SMILES string of the molecule is CCC[C@]1(C)Nc2ccccc2-c2nnc(SC)nc2O1. The maximum absolute atomic E-state index is 6.17. The van der Waals surface area contributed by atoms with Crippen LogP contribution in [0.4, 0.5) is 5.69 Å². The van der Waals surface area contributed by atoms with E-state index in [-0.39, 0.29) is 0 Å². The van der Waals surface area contributed by atoms with E-state index in [1.807, 2.05) is 37.4 Å². The third kappa shape index (κ3) is 2.68. The fraction of sp³-hybridized carbons (Fsp3) is 0.400. The first-order chi connectivity index (χ1) is 10.1. The molecule has 0 spiro atoms. The van der Waals surface area contributed by atoms with Crippen molar-refractivity contribution in [3.05, 3.63) is 24.3 Å². The van der Waals surface area contributed by atoms with Crippen molar-refractivity contribution in [3.63, 3.8) is 0 Å². The van der Waals surface area contributed by atoms with E-state index in [1.165, 1.54) is 11.8 Å². The van der Waals surface area contributed by atoms with E-state index in [4.69, 9.17) is 4.74 Å². The molecule has 1 N–H and O–H groups in total. The van der Waals surface area contributed by atoms with Gasteiger partial charge in [0, 0.05) is 17.7 Å². The number of ether oxygens (including phenoxy) is 1. The molecule has 0 fully saturated rings. The van der Waals surface area contributed by atoms with E-state index >= 15 is 0 Å². The van der Waals surface area contributed by atoms with Crippen molar-refractivity contribution in [2.45, 2.75) is 37.6 Å². The number of benzene rings is 1. The van der Waals surface area contributed by atoms with Gasteiger partial charge in [0.25, 0.3) is 0 Å². The molecule has 0 amide bonds. The molecule has 2 aromatic rings. The van der Waals surface area contributed by atoms with Crippen LogP contribution in [0, 0.1) is 0 Å². The molecule has 0 radical (unpaired) electrons. The van der Waals surface area contributed by atoms with Gasteiger partial charge in [-0.3, -0.25) is 0 Å². The summed E-state index contributed by atoms with van der Waals surface area (Å²) in [5.74, 6) is 0.544. The van der Waals surface area contributed by atoms with E-state index in [2.05, 4.69) is 27.4 Å². The Kier molecular flexibility index (Phi) is 3.71. The summed E-state index contributed by atoms with van der Waals surface area (Å²) >= 11 is 1.46. The zero-order valence-corrected chi connectivity index (χ0v) is 13.2. The third-order valence-corrected chi connectivity index (χ3v) is 3.99. The van der Waals surface area contributed by atoms with Crippen LogP contribution >= 0.6 is 11.8 Å². The normalized spacial score (nSPS) is 19.8. The third-order valence-electron chi connectivity index (χ3n) is 3.45. The lowest BCUT2D eigenvalue weighted by Crippen LogP contribution is -2.40. The lowest BCUT2D eigenvalue weighted by atomic mass is 10.1. The maximum Gasteiger partial charge on any atom is 0.247 e. The average molecular weight is 302 g/mol. The monoisotopic (exact) mass is 302 g/mol. The molecule has 0 bridgehead atoms. The van der Waals surface area contributed by atoms with Gasteiger partial charge in [0.1, 0.15) is 0 Å². The van der Waals surface area contributed by atoms with E-state index < -0.39 is 5.72 Å². The predicted molar refractivity (Wildman–Crippen MR) is 84.6 cm³/mol. The molecule has 1 aromatic carbocycles. The molecule has 1 aliphatic rings. The molecule has 2 heterocycles. The van der Waals surface area contributed by atoms with Crippen LogP contribution in [-0.2, 0) is 0 Å². The number of rotatable bonds is 3. The molecule has 0 unspecified atom stereocenters. The number of aromatic nitrogens is 3. The van der Waals surface area contributed by atoms with E-state index in [1.54, 1.807) is 0 Å². The zero-order valence-electron chi connectivity index (χ0n) is 12.4.